The molecule has 2 aromatic heterocycles. The van der Waals surface area contributed by atoms with E-state index in [4.69, 9.17) is 9.72 Å². The number of aromatic nitrogens is 4. The average molecular weight is 996 g/mol. The summed E-state index contributed by atoms with van der Waals surface area (Å²) in [6.07, 6.45) is 9.38. The molecule has 350 valence electrons. The van der Waals surface area contributed by atoms with E-state index in [-0.39, 0.29) is 18.5 Å². The van der Waals surface area contributed by atoms with Crippen molar-refractivity contribution in [1.82, 2.24) is 40.0 Å². The average Bonchev–Trinajstić information content (AvgIpc) is 3.58. The highest BCUT2D eigenvalue weighted by Gasteiger charge is 2.45. The number of nitrogens with one attached hydrogen (secondary N) is 4. The molecule has 4 N–H and O–H groups in total. The maximum atomic E-state index is 13.6. The van der Waals surface area contributed by atoms with Gasteiger partial charge in [0.15, 0.2) is 0 Å². The monoisotopic (exact) mass is 994 g/mol. The van der Waals surface area contributed by atoms with Crippen molar-refractivity contribution in [2.45, 2.75) is 57.5 Å². The Balaban J connectivity index is 0.806. The number of rotatable bonds is 14. The third-order valence-electron chi connectivity index (χ3n) is 12.9. The Morgan fingerprint density at radius 3 is 2.39 bits per heavy atom. The van der Waals surface area contributed by atoms with E-state index < -0.39 is 39.7 Å². The van der Waals surface area contributed by atoms with E-state index in [2.05, 4.69) is 85.3 Å². The van der Waals surface area contributed by atoms with Crippen molar-refractivity contribution in [3.63, 3.8) is 0 Å². The van der Waals surface area contributed by atoms with Crippen molar-refractivity contribution in [2.24, 2.45) is 0 Å². The predicted molar refractivity (Wildman–Crippen MR) is 257 cm³/mol. The van der Waals surface area contributed by atoms with Gasteiger partial charge in [0, 0.05) is 88.6 Å². The van der Waals surface area contributed by atoms with Crippen LogP contribution in [0.1, 0.15) is 64.4 Å². The quantitative estimate of drug-likeness (QED) is 0.109. The van der Waals surface area contributed by atoms with E-state index in [1.165, 1.54) is 6.20 Å². The fourth-order valence-corrected chi connectivity index (χ4v) is 10.4. The van der Waals surface area contributed by atoms with Crippen LogP contribution in [0, 0.1) is 0 Å². The molecule has 19 nitrogen and oxygen atoms in total. The first-order valence-corrected chi connectivity index (χ1v) is 25.0. The van der Waals surface area contributed by atoms with Gasteiger partial charge in [-0.1, -0.05) is 19.1 Å². The lowest BCUT2D eigenvalue weighted by atomic mass is 9.99. The molecule has 0 radical (unpaired) electrons. The van der Waals surface area contributed by atoms with E-state index in [0.717, 1.165) is 93.0 Å². The molecule has 3 saturated heterocycles. The van der Waals surface area contributed by atoms with Crippen molar-refractivity contribution >= 4 is 95.1 Å². The molecule has 21 heteroatoms. The van der Waals surface area contributed by atoms with Gasteiger partial charge in [-0.2, -0.15) is 4.98 Å². The van der Waals surface area contributed by atoms with Gasteiger partial charge in [0.25, 0.3) is 11.8 Å². The Labute approximate surface area is 396 Å². The molecule has 4 amide bonds. The second-order valence-corrected chi connectivity index (χ2v) is 19.7. The Hall–Kier alpha value is -6.29. The van der Waals surface area contributed by atoms with Gasteiger partial charge in [0.2, 0.25) is 27.8 Å². The Kier molecular flexibility index (Phi) is 13.1. The number of amides is 4. The van der Waals surface area contributed by atoms with Crippen molar-refractivity contribution in [2.75, 3.05) is 79.4 Å². The Morgan fingerprint density at radius 2 is 1.66 bits per heavy atom. The minimum absolute atomic E-state index is 0.0847. The molecular formula is C46H51BrN12O7S. The summed E-state index contributed by atoms with van der Waals surface area (Å²) in [5.41, 5.74) is 6.05. The summed E-state index contributed by atoms with van der Waals surface area (Å²) in [7, 11) is -2.02. The smallest absolute Gasteiger partial charge is 0.262 e. The van der Waals surface area contributed by atoms with Crippen LogP contribution in [0.15, 0.2) is 65.5 Å². The van der Waals surface area contributed by atoms with Crippen LogP contribution in [0.2, 0.25) is 0 Å². The zero-order valence-electron chi connectivity index (χ0n) is 37.3. The molecule has 4 aliphatic heterocycles. The second-order valence-electron chi connectivity index (χ2n) is 17.1. The fourth-order valence-electron chi connectivity index (χ4n) is 9.55. The summed E-state index contributed by atoms with van der Waals surface area (Å²) in [6, 6.07) is 12.4. The summed E-state index contributed by atoms with van der Waals surface area (Å²) < 4.78 is 33.8. The van der Waals surface area contributed by atoms with E-state index in [1.54, 1.807) is 43.8 Å². The number of piperidine rings is 2. The number of sulfonamides is 1. The van der Waals surface area contributed by atoms with Crippen LogP contribution in [0.5, 0.6) is 5.75 Å². The van der Waals surface area contributed by atoms with Gasteiger partial charge in [-0.15, -0.1) is 0 Å². The summed E-state index contributed by atoms with van der Waals surface area (Å²) in [5, 5.41) is 8.84. The van der Waals surface area contributed by atoms with Crippen LogP contribution in [0.25, 0.3) is 11.0 Å². The van der Waals surface area contributed by atoms with E-state index >= 15 is 0 Å². The minimum Gasteiger partial charge on any atom is -0.494 e. The third kappa shape index (κ3) is 9.63. The van der Waals surface area contributed by atoms with Crippen LogP contribution in [-0.2, 0) is 32.5 Å². The van der Waals surface area contributed by atoms with Crippen molar-refractivity contribution < 1.29 is 32.3 Å². The topological polar surface area (TPSA) is 224 Å². The fraction of sp³-hybridized carbons (Fsp3) is 0.391. The maximum absolute atomic E-state index is 13.6. The lowest BCUT2D eigenvalue weighted by Gasteiger charge is -2.43. The van der Waals surface area contributed by atoms with Crippen LogP contribution < -0.4 is 30.3 Å². The van der Waals surface area contributed by atoms with Crippen LogP contribution >= 0.6 is 15.9 Å². The molecular weight excluding hydrogens is 945 g/mol. The van der Waals surface area contributed by atoms with Gasteiger partial charge in [-0.25, -0.2) is 13.4 Å². The molecule has 5 aromatic rings. The number of halogens is 1. The van der Waals surface area contributed by atoms with Gasteiger partial charge in [-0.3, -0.25) is 49.0 Å². The number of imide groups is 2. The van der Waals surface area contributed by atoms with Crippen molar-refractivity contribution in [1.29, 1.82) is 0 Å². The number of aryl methyl sites for hydroxylation is 1. The number of nitrogens with zero attached hydrogens (tertiary/aromatic N) is 8. The summed E-state index contributed by atoms with van der Waals surface area (Å²) >= 11 is 3.53. The number of ether oxygens (including phenoxy) is 1. The third-order valence-corrected chi connectivity index (χ3v) is 14.1. The zero-order valence-corrected chi connectivity index (χ0v) is 39.7. The summed E-state index contributed by atoms with van der Waals surface area (Å²) in [6.45, 7) is 8.36. The molecule has 1 atom stereocenters. The highest BCUT2D eigenvalue weighted by atomic mass is 79.9. The molecule has 0 bridgehead atoms. The summed E-state index contributed by atoms with van der Waals surface area (Å²) in [4.78, 5) is 77.6. The Morgan fingerprint density at radius 1 is 0.881 bits per heavy atom. The molecule has 0 aliphatic carbocycles. The normalized spacial score (nSPS) is 18.6. The maximum Gasteiger partial charge on any atom is 0.262 e. The molecule has 0 saturated carbocycles. The molecule has 4 aliphatic rings. The molecule has 3 fully saturated rings. The van der Waals surface area contributed by atoms with Crippen molar-refractivity contribution in [3.8, 4) is 5.75 Å². The highest BCUT2D eigenvalue weighted by molar-refractivity contribution is 9.10. The first-order valence-electron chi connectivity index (χ1n) is 22.3. The highest BCUT2D eigenvalue weighted by Crippen LogP contribution is 2.39. The number of hydrogen-bond acceptors (Lipinski definition) is 16. The van der Waals surface area contributed by atoms with E-state index in [0.29, 0.717) is 68.0 Å². The standard InChI is InChI=1S/C46H51BrN12O7S/c1-4-27-24-34(52-46-50-26-31(47)42(54-46)51-33-9-8-32-40(49-16-15-48-32)41(33)55-67(3,64)65)37(66-2)25-36(27)58-18-13-29(14-19-58)57-22-20-56(21-23-57)17-12-28-6-5-7-30-39(28)45(63)59(44(30)62)35-10-11-38(60)53-43(35)61/h5-9,15-16,24-26,29,35,55H,4,10-14,17-23H2,1-3H3,(H,53,60,61)(H2,50,51,52,54). The molecule has 3 aromatic carbocycles. The number of anilines is 6. The van der Waals surface area contributed by atoms with Crippen LogP contribution in [-0.4, -0.2) is 138 Å². The SMILES string of the molecule is CCc1cc(Nc2ncc(Br)c(Nc3ccc4nccnc4c3NS(C)(=O)=O)n2)c(OC)cc1N1CCC(N2CCN(CCc3cccc4c3C(=O)N(C3CCC(=O)NC3=O)C4=O)CC2)CC1. The van der Waals surface area contributed by atoms with Gasteiger partial charge in [0.1, 0.15) is 23.1 Å². The first kappa shape index (κ1) is 45.8. The number of methoxy groups -OCH3 is 1. The number of carbonyl (C=O) groups is 4. The lowest BCUT2D eigenvalue weighted by Crippen LogP contribution is -2.54. The molecule has 1 unspecified atom stereocenters. The molecule has 0 spiro atoms. The van der Waals surface area contributed by atoms with Crippen molar-refractivity contribution in [3.05, 3.63) is 87.8 Å². The predicted octanol–water partition coefficient (Wildman–Crippen LogP) is 4.84. The van der Waals surface area contributed by atoms with Crippen LogP contribution in [0.4, 0.5) is 34.5 Å². The number of fused-ring (bicyclic) bond motifs is 2. The second kappa shape index (κ2) is 19.1. The minimum atomic E-state index is -3.66. The number of benzene rings is 3. The van der Waals surface area contributed by atoms with E-state index in [9.17, 15) is 27.6 Å². The lowest BCUT2D eigenvalue weighted by molar-refractivity contribution is -0.136. The largest absolute Gasteiger partial charge is 0.494 e. The van der Waals surface area contributed by atoms with Gasteiger partial charge >= 0.3 is 0 Å². The molecule has 6 heterocycles. The van der Waals surface area contributed by atoms with Crippen LogP contribution in [0.3, 0.4) is 0 Å². The van der Waals surface area contributed by atoms with Gasteiger partial charge in [-0.05, 0) is 83.4 Å². The number of carbonyl (C=O) groups excluding carboxylic acids is 4. The Bertz CT molecular complexity index is 2890. The number of hydrogen-bond donors (Lipinski definition) is 4. The number of piperazine rings is 1. The van der Waals surface area contributed by atoms with Gasteiger partial charge in [0.05, 0.1) is 51.5 Å². The molecule has 67 heavy (non-hydrogen) atoms. The van der Waals surface area contributed by atoms with Gasteiger partial charge < -0.3 is 25.2 Å². The zero-order chi connectivity index (χ0) is 47.0. The van der Waals surface area contributed by atoms with E-state index in [1.807, 2.05) is 6.07 Å². The first-order chi connectivity index (χ1) is 32.3. The summed E-state index contributed by atoms with van der Waals surface area (Å²) in [5.74, 6) is -0.620. The molecule has 9 rings (SSSR count).